The summed E-state index contributed by atoms with van der Waals surface area (Å²) in [6.07, 6.45) is 8.62. The topological polar surface area (TPSA) is 28.2 Å². The molecule has 1 aliphatic rings. The molecule has 0 aliphatic carbocycles. The van der Waals surface area contributed by atoms with E-state index < -0.39 is 0 Å². The Labute approximate surface area is 127 Å². The van der Waals surface area contributed by atoms with Gasteiger partial charge in [0.25, 0.3) is 0 Å². The highest BCUT2D eigenvalue weighted by molar-refractivity contribution is 5.44. The average molecular weight is 293 g/mol. The Morgan fingerprint density at radius 2 is 2.19 bits per heavy atom. The molecule has 1 N–H and O–H groups in total. The summed E-state index contributed by atoms with van der Waals surface area (Å²) in [5.74, 6) is 0.424. The van der Waals surface area contributed by atoms with Crippen LogP contribution in [0.5, 0.6) is 0 Å². The minimum atomic E-state index is -0.135. The van der Waals surface area contributed by atoms with Crippen LogP contribution in [0.1, 0.15) is 57.9 Å². The molecule has 1 fully saturated rings. The molecule has 1 atom stereocenters. The molecule has 3 nitrogen and oxygen atoms in total. The Morgan fingerprint density at radius 3 is 2.95 bits per heavy atom. The largest absolute Gasteiger partial charge is 0.351 e. The van der Waals surface area contributed by atoms with Crippen molar-refractivity contribution in [2.24, 2.45) is 0 Å². The number of hydrogen-bond donors (Lipinski definition) is 1. The Kier molecular flexibility index (Phi) is 6.43. The van der Waals surface area contributed by atoms with Crippen molar-refractivity contribution in [1.29, 1.82) is 0 Å². The van der Waals surface area contributed by atoms with E-state index in [-0.39, 0.29) is 5.82 Å². The molecule has 2 rings (SSSR count). The van der Waals surface area contributed by atoms with Crippen molar-refractivity contribution in [3.63, 3.8) is 0 Å². The summed E-state index contributed by atoms with van der Waals surface area (Å²) < 4.78 is 14.8. The minimum absolute atomic E-state index is 0.135. The van der Waals surface area contributed by atoms with E-state index >= 15 is 0 Å². The molecular weight excluding hydrogens is 265 g/mol. The van der Waals surface area contributed by atoms with Gasteiger partial charge in [-0.1, -0.05) is 20.3 Å². The van der Waals surface area contributed by atoms with Gasteiger partial charge in [-0.25, -0.2) is 9.37 Å². The number of nitrogens with zero attached hydrogens (tertiary/aromatic N) is 2. The number of hydrogen-bond acceptors (Lipinski definition) is 3. The molecule has 1 aromatic rings. The molecule has 118 valence electrons. The fraction of sp³-hybridized carbons (Fsp3) is 0.706. The van der Waals surface area contributed by atoms with E-state index in [9.17, 15) is 4.39 Å². The zero-order valence-electron chi connectivity index (χ0n) is 13.4. The fourth-order valence-corrected chi connectivity index (χ4v) is 3.12. The lowest BCUT2D eigenvalue weighted by atomic mass is 9.98. The number of anilines is 1. The first-order valence-corrected chi connectivity index (χ1v) is 8.38. The Bertz CT molecular complexity index is 434. The van der Waals surface area contributed by atoms with E-state index in [1.54, 1.807) is 12.3 Å². The zero-order chi connectivity index (χ0) is 15.1. The third kappa shape index (κ3) is 4.16. The first kappa shape index (κ1) is 16.2. The van der Waals surface area contributed by atoms with Crippen LogP contribution in [-0.4, -0.2) is 24.1 Å². The summed E-state index contributed by atoms with van der Waals surface area (Å²) in [7, 11) is 0. The van der Waals surface area contributed by atoms with Crippen molar-refractivity contribution < 1.29 is 4.39 Å². The Morgan fingerprint density at radius 1 is 1.33 bits per heavy atom. The molecule has 0 radical (unpaired) electrons. The van der Waals surface area contributed by atoms with E-state index in [0.29, 0.717) is 18.4 Å². The van der Waals surface area contributed by atoms with Crippen LogP contribution in [0.15, 0.2) is 12.3 Å². The quantitative estimate of drug-likeness (QED) is 0.773. The molecule has 4 heteroatoms. The van der Waals surface area contributed by atoms with Crippen molar-refractivity contribution in [2.45, 2.75) is 65.0 Å². The second-order valence-corrected chi connectivity index (χ2v) is 5.92. The van der Waals surface area contributed by atoms with Gasteiger partial charge < -0.3 is 10.2 Å². The molecule has 0 spiro atoms. The van der Waals surface area contributed by atoms with E-state index in [0.717, 1.165) is 50.8 Å². The van der Waals surface area contributed by atoms with E-state index in [4.69, 9.17) is 0 Å². The van der Waals surface area contributed by atoms with Gasteiger partial charge in [0.15, 0.2) is 11.6 Å². The number of rotatable bonds is 7. The summed E-state index contributed by atoms with van der Waals surface area (Å²) in [6, 6.07) is 2.24. The van der Waals surface area contributed by atoms with E-state index in [1.807, 2.05) is 0 Å². The summed E-state index contributed by atoms with van der Waals surface area (Å²) >= 11 is 0. The highest BCUT2D eigenvalue weighted by atomic mass is 19.1. The standard InChI is InChI=1S/C17H28FN3/c1-3-7-15-8-5-6-12-21(15)17-16(18)14(9-11-20-17)13-19-10-4-2/h9,11,15,19H,3-8,10,12-13H2,1-2H3. The number of aromatic nitrogens is 1. The van der Waals surface area contributed by atoms with Crippen molar-refractivity contribution in [1.82, 2.24) is 10.3 Å². The number of nitrogens with one attached hydrogen (secondary N) is 1. The molecule has 0 aromatic carbocycles. The van der Waals surface area contributed by atoms with Crippen LogP contribution in [0.3, 0.4) is 0 Å². The zero-order valence-corrected chi connectivity index (χ0v) is 13.4. The van der Waals surface area contributed by atoms with Crippen molar-refractivity contribution in [2.75, 3.05) is 18.0 Å². The second kappa shape index (κ2) is 8.32. The smallest absolute Gasteiger partial charge is 0.170 e. The van der Waals surface area contributed by atoms with Gasteiger partial charge in [-0.3, -0.25) is 0 Å². The average Bonchev–Trinajstić information content (AvgIpc) is 2.50. The van der Waals surface area contributed by atoms with Gasteiger partial charge in [0.2, 0.25) is 0 Å². The van der Waals surface area contributed by atoms with Gasteiger partial charge in [0.05, 0.1) is 0 Å². The van der Waals surface area contributed by atoms with E-state index in [1.165, 1.54) is 6.42 Å². The minimum Gasteiger partial charge on any atom is -0.351 e. The van der Waals surface area contributed by atoms with Crippen LogP contribution in [0, 0.1) is 5.82 Å². The highest BCUT2D eigenvalue weighted by Crippen LogP contribution is 2.28. The van der Waals surface area contributed by atoms with Crippen molar-refractivity contribution >= 4 is 5.82 Å². The normalized spacial score (nSPS) is 19.0. The monoisotopic (exact) mass is 293 g/mol. The molecule has 1 unspecified atom stereocenters. The van der Waals surface area contributed by atoms with Crippen LogP contribution in [0.4, 0.5) is 10.2 Å². The van der Waals surface area contributed by atoms with Gasteiger partial charge >= 0.3 is 0 Å². The number of piperidine rings is 1. The van der Waals surface area contributed by atoms with Gasteiger partial charge in [-0.05, 0) is 44.7 Å². The molecule has 2 heterocycles. The van der Waals surface area contributed by atoms with Gasteiger partial charge in [0.1, 0.15) is 0 Å². The first-order chi connectivity index (χ1) is 10.3. The molecular formula is C17H28FN3. The summed E-state index contributed by atoms with van der Waals surface area (Å²) in [5.41, 5.74) is 0.731. The lowest BCUT2D eigenvalue weighted by molar-refractivity contribution is 0.424. The molecule has 0 bridgehead atoms. The second-order valence-electron chi connectivity index (χ2n) is 5.92. The van der Waals surface area contributed by atoms with Gasteiger partial charge in [0, 0.05) is 30.9 Å². The maximum atomic E-state index is 14.8. The van der Waals surface area contributed by atoms with Crippen LogP contribution in [-0.2, 0) is 6.54 Å². The Balaban J connectivity index is 2.15. The third-order valence-electron chi connectivity index (χ3n) is 4.21. The number of pyridine rings is 1. The van der Waals surface area contributed by atoms with Crippen molar-refractivity contribution in [3.05, 3.63) is 23.6 Å². The molecule has 0 saturated carbocycles. The Hall–Kier alpha value is -1.16. The third-order valence-corrected chi connectivity index (χ3v) is 4.21. The van der Waals surface area contributed by atoms with Gasteiger partial charge in [-0.2, -0.15) is 0 Å². The summed E-state index contributed by atoms with van der Waals surface area (Å²) in [6.45, 7) is 6.74. The molecule has 1 aromatic heterocycles. The van der Waals surface area contributed by atoms with E-state index in [2.05, 4.69) is 29.0 Å². The molecule has 1 saturated heterocycles. The highest BCUT2D eigenvalue weighted by Gasteiger charge is 2.25. The lowest BCUT2D eigenvalue weighted by Gasteiger charge is -2.37. The molecule has 21 heavy (non-hydrogen) atoms. The van der Waals surface area contributed by atoms with Crippen LogP contribution >= 0.6 is 0 Å². The SMILES string of the molecule is CCCNCc1ccnc(N2CCCCC2CCC)c1F. The predicted molar refractivity (Wildman–Crippen MR) is 86.1 cm³/mol. The molecule has 0 amide bonds. The molecule has 1 aliphatic heterocycles. The lowest BCUT2D eigenvalue weighted by Crippen LogP contribution is -2.40. The summed E-state index contributed by atoms with van der Waals surface area (Å²) in [4.78, 5) is 6.55. The van der Waals surface area contributed by atoms with Crippen molar-refractivity contribution in [3.8, 4) is 0 Å². The number of halogens is 1. The predicted octanol–water partition coefficient (Wildman–Crippen LogP) is 3.88. The van der Waals surface area contributed by atoms with Gasteiger partial charge in [-0.15, -0.1) is 0 Å². The van der Waals surface area contributed by atoms with Crippen LogP contribution < -0.4 is 10.2 Å². The van der Waals surface area contributed by atoms with Crippen LogP contribution in [0.2, 0.25) is 0 Å². The van der Waals surface area contributed by atoms with Crippen LogP contribution in [0.25, 0.3) is 0 Å². The first-order valence-electron chi connectivity index (χ1n) is 8.38. The summed E-state index contributed by atoms with van der Waals surface area (Å²) in [5, 5.41) is 3.27. The maximum Gasteiger partial charge on any atom is 0.170 e. The maximum absolute atomic E-state index is 14.8. The fourth-order valence-electron chi connectivity index (χ4n) is 3.12.